The molecule has 6 aliphatic rings. The van der Waals surface area contributed by atoms with Crippen molar-refractivity contribution in [2.75, 3.05) is 49.1 Å². The highest BCUT2D eigenvalue weighted by Crippen LogP contribution is 2.49. The zero-order valence-electron chi connectivity index (χ0n) is 47.2. The van der Waals surface area contributed by atoms with Crippen molar-refractivity contribution in [3.63, 3.8) is 0 Å². The van der Waals surface area contributed by atoms with E-state index in [9.17, 15) is 33.6 Å². The summed E-state index contributed by atoms with van der Waals surface area (Å²) in [6.07, 6.45) is 12.0. The molecule has 2 aromatic rings. The summed E-state index contributed by atoms with van der Waals surface area (Å²) >= 11 is 6.20. The fraction of sp³-hybridized carbons (Fsp3) is 0.672. The number of piperidine rings is 1. The second-order valence-electron chi connectivity index (χ2n) is 22.6. The summed E-state index contributed by atoms with van der Waals surface area (Å²) in [6, 6.07) is 7.38. The van der Waals surface area contributed by atoms with Crippen molar-refractivity contribution in [2.45, 2.75) is 206 Å². The Hall–Kier alpha value is -5.29. The van der Waals surface area contributed by atoms with Gasteiger partial charge in [0.25, 0.3) is 23.6 Å². The molecule has 0 radical (unpaired) electrons. The van der Waals surface area contributed by atoms with Crippen LogP contribution in [0.3, 0.4) is 0 Å². The molecule has 3 heterocycles. The summed E-state index contributed by atoms with van der Waals surface area (Å²) in [5.41, 5.74) is 1.50. The zero-order chi connectivity index (χ0) is 55.2. The largest absolute Gasteiger partial charge is 0.475 e. The number of aryl methyl sites for hydroxylation is 2. The van der Waals surface area contributed by atoms with Crippen LogP contribution in [0.25, 0.3) is 0 Å². The van der Waals surface area contributed by atoms with Crippen LogP contribution in [0.15, 0.2) is 24.3 Å². The van der Waals surface area contributed by atoms with E-state index in [0.29, 0.717) is 105 Å². The molecule has 2 aromatic carbocycles. The van der Waals surface area contributed by atoms with E-state index in [0.717, 1.165) is 62.5 Å². The number of ether oxygens (including phenoxy) is 3. The lowest BCUT2D eigenvalue weighted by atomic mass is 9.77. The Kier molecular flexibility index (Phi) is 20.7. The van der Waals surface area contributed by atoms with Crippen molar-refractivity contribution < 1.29 is 47.8 Å². The van der Waals surface area contributed by atoms with Gasteiger partial charge in [0.2, 0.25) is 11.8 Å². The van der Waals surface area contributed by atoms with Crippen LogP contribution < -0.4 is 29.9 Å². The summed E-state index contributed by atoms with van der Waals surface area (Å²) in [5, 5.41) is 5.72. The molecule has 7 amide bonds. The number of likely N-dealkylation sites (tertiary alicyclic amines) is 1. The highest BCUT2D eigenvalue weighted by Gasteiger charge is 2.54. The number of carbonyl (C=O) groups is 7. The molecule has 0 bridgehead atoms. The molecular formula is C58H85Cl2N7O10. The van der Waals surface area contributed by atoms with Gasteiger partial charge in [-0.1, -0.05) is 58.6 Å². The molecule has 19 heteroatoms. The van der Waals surface area contributed by atoms with Gasteiger partial charge in [-0.05, 0) is 141 Å². The van der Waals surface area contributed by atoms with Gasteiger partial charge >= 0.3 is 6.09 Å². The molecule has 17 nitrogen and oxygen atoms in total. The van der Waals surface area contributed by atoms with Crippen molar-refractivity contribution >= 4 is 76.9 Å². The van der Waals surface area contributed by atoms with Crippen molar-refractivity contribution in [1.82, 2.24) is 25.3 Å². The van der Waals surface area contributed by atoms with Crippen LogP contribution in [0, 0.1) is 19.8 Å². The summed E-state index contributed by atoms with van der Waals surface area (Å²) in [5.74, 6) is 0.753. The molecule has 3 saturated carbocycles. The number of rotatable bonds is 16. The number of amides is 7. The SMILES string of the molecule is CCC(=O)NCCN1C(=O)C2(CCC2)Oc2cc(C)c(C(=O)N(C(C)C)C3CCCCC3)cc21.CCC(=O)NCCN1C(=O)C2(CCC2)Oc2cc(C)c(C(=O)N(C(C)C)[C@@H]3CCCN(C(=O)OC(Cl)C(C)C)C3)cc21.Cl. The standard InChI is InChI=1S/C31H45ClN4O6.C27H39N3O4.ClH/c1-7-26(37)33-13-15-35-24-17-23(21(6)16-25(24)42-31(29(35)39)11-9-12-31)28(38)36(20(4)5)22-10-8-14-34(18-22)30(40)41-27(32)19(2)3;1-5-24(31)28-14-15-29-22-17-21(25(32)30(18(2)3)20-10-7-6-8-11-20)19(4)16-23(22)34-27(26(29)33)12-9-13-27;/h16-17,19-20,22,27H,7-15,18H2,1-6H3,(H,33,37);16-18,20H,5-15H2,1-4H3,(H,28,31);1H/t22-,27?;;/m1../s1. The Bertz CT molecular complexity index is 2490. The van der Waals surface area contributed by atoms with Crippen molar-refractivity contribution in [1.29, 1.82) is 0 Å². The van der Waals surface area contributed by atoms with E-state index >= 15 is 0 Å². The van der Waals surface area contributed by atoms with Crippen LogP contribution >= 0.6 is 24.0 Å². The van der Waals surface area contributed by atoms with Gasteiger partial charge in [0.1, 0.15) is 11.5 Å². The Morgan fingerprint density at radius 1 is 0.662 bits per heavy atom. The number of halogens is 2. The van der Waals surface area contributed by atoms with E-state index in [1.807, 2.05) is 69.5 Å². The van der Waals surface area contributed by atoms with Gasteiger partial charge in [-0.15, -0.1) is 12.4 Å². The molecule has 1 saturated heterocycles. The Morgan fingerprint density at radius 3 is 1.48 bits per heavy atom. The quantitative estimate of drug-likeness (QED) is 0.153. The number of benzene rings is 2. The summed E-state index contributed by atoms with van der Waals surface area (Å²) in [4.78, 5) is 101. The Morgan fingerprint density at radius 2 is 1.09 bits per heavy atom. The lowest BCUT2D eigenvalue weighted by molar-refractivity contribution is -0.143. The average Bonchev–Trinajstić information content (AvgIpc) is 3.36. The molecule has 77 heavy (non-hydrogen) atoms. The van der Waals surface area contributed by atoms with Crippen LogP contribution in [0.5, 0.6) is 11.5 Å². The molecule has 8 rings (SSSR count). The second kappa shape index (κ2) is 26.1. The number of hydrogen-bond donors (Lipinski definition) is 2. The maximum absolute atomic E-state index is 14.2. The van der Waals surface area contributed by atoms with Gasteiger partial charge in [-0.3, -0.25) is 28.8 Å². The number of hydrogen-bond acceptors (Lipinski definition) is 10. The molecule has 3 aliphatic heterocycles. The maximum atomic E-state index is 14.2. The third-order valence-electron chi connectivity index (χ3n) is 16.2. The molecule has 4 fully saturated rings. The summed E-state index contributed by atoms with van der Waals surface area (Å²) in [7, 11) is 0. The minimum Gasteiger partial charge on any atom is -0.475 e. The average molecular weight is 1110 g/mol. The minimum absolute atomic E-state index is 0. The van der Waals surface area contributed by atoms with E-state index in [1.54, 1.807) is 34.6 Å². The van der Waals surface area contributed by atoms with Crippen LogP contribution in [0.1, 0.15) is 184 Å². The highest BCUT2D eigenvalue weighted by molar-refractivity contribution is 6.20. The molecule has 2 N–H and O–H groups in total. The fourth-order valence-corrected chi connectivity index (χ4v) is 11.6. The topological polar surface area (TPSA) is 187 Å². The van der Waals surface area contributed by atoms with Gasteiger partial charge in [0, 0.05) is 87.3 Å². The zero-order valence-corrected chi connectivity index (χ0v) is 48.8. The predicted octanol–water partition coefficient (Wildman–Crippen LogP) is 9.62. The van der Waals surface area contributed by atoms with Crippen LogP contribution in [0.4, 0.5) is 16.2 Å². The van der Waals surface area contributed by atoms with E-state index < -0.39 is 22.9 Å². The van der Waals surface area contributed by atoms with E-state index in [4.69, 9.17) is 25.8 Å². The third-order valence-corrected chi connectivity index (χ3v) is 16.7. The van der Waals surface area contributed by atoms with Gasteiger partial charge in [-0.2, -0.15) is 0 Å². The molecule has 3 aliphatic carbocycles. The Balaban J connectivity index is 0.000000251. The second-order valence-corrected chi connectivity index (χ2v) is 23.0. The van der Waals surface area contributed by atoms with Gasteiger partial charge in [0.05, 0.1) is 17.4 Å². The van der Waals surface area contributed by atoms with Crippen LogP contribution in [-0.2, 0) is 23.9 Å². The van der Waals surface area contributed by atoms with Crippen molar-refractivity contribution in [3.8, 4) is 11.5 Å². The maximum Gasteiger partial charge on any atom is 0.411 e. The molecule has 2 atom stereocenters. The lowest BCUT2D eigenvalue weighted by Gasteiger charge is -2.47. The first-order chi connectivity index (χ1) is 36.1. The first kappa shape index (κ1) is 60.9. The molecular weight excluding hydrogens is 1030 g/mol. The monoisotopic (exact) mass is 1110 g/mol. The van der Waals surface area contributed by atoms with Crippen molar-refractivity contribution in [2.24, 2.45) is 5.92 Å². The number of nitrogens with one attached hydrogen (secondary N) is 2. The first-order valence-corrected chi connectivity index (χ1v) is 28.7. The summed E-state index contributed by atoms with van der Waals surface area (Å²) < 4.78 is 18.0. The third kappa shape index (κ3) is 13.3. The number of fused-ring (bicyclic) bond motifs is 2. The number of carbonyl (C=O) groups excluding carboxylic acids is 7. The highest BCUT2D eigenvalue weighted by atomic mass is 35.5. The predicted molar refractivity (Wildman–Crippen MR) is 300 cm³/mol. The Labute approximate surface area is 467 Å². The normalized spacial score (nSPS) is 19.6. The number of alkyl halides is 1. The minimum atomic E-state index is -0.874. The van der Waals surface area contributed by atoms with Gasteiger partial charge in [0.15, 0.2) is 16.8 Å². The molecule has 2 spiro atoms. The number of anilines is 2. The molecule has 0 aromatic heterocycles. The van der Waals surface area contributed by atoms with Gasteiger partial charge in [-0.25, -0.2) is 4.79 Å². The fourth-order valence-electron chi connectivity index (χ4n) is 11.5. The molecule has 426 valence electrons. The van der Waals surface area contributed by atoms with Crippen LogP contribution in [-0.4, -0.2) is 136 Å². The van der Waals surface area contributed by atoms with Crippen molar-refractivity contribution in [3.05, 3.63) is 46.5 Å². The van der Waals surface area contributed by atoms with Crippen LogP contribution in [0.2, 0.25) is 0 Å². The van der Waals surface area contributed by atoms with E-state index in [2.05, 4.69) is 24.5 Å². The van der Waals surface area contributed by atoms with E-state index in [-0.39, 0.29) is 84.5 Å². The first-order valence-electron chi connectivity index (χ1n) is 28.2. The van der Waals surface area contributed by atoms with Gasteiger partial charge < -0.3 is 49.3 Å². The molecule has 1 unspecified atom stereocenters. The lowest BCUT2D eigenvalue weighted by Crippen LogP contribution is -2.61. The summed E-state index contributed by atoms with van der Waals surface area (Å²) in [6.45, 7) is 21.5. The van der Waals surface area contributed by atoms with E-state index in [1.165, 1.54) is 6.42 Å². The smallest absolute Gasteiger partial charge is 0.411 e. The number of nitrogens with zero attached hydrogens (tertiary/aromatic N) is 5.